The molecule has 0 aliphatic carbocycles. The molecule has 8 nitrogen and oxygen atoms in total. The monoisotopic (exact) mass is 265 g/mol. The Morgan fingerprint density at radius 2 is 1.84 bits per heavy atom. The molecule has 0 bridgehead atoms. The van der Waals surface area contributed by atoms with Crippen LogP contribution in [0.5, 0.6) is 11.8 Å². The highest BCUT2D eigenvalue weighted by molar-refractivity contribution is 5.34. The Labute approximate surface area is 110 Å². The molecule has 0 aromatic carbocycles. The smallest absolute Gasteiger partial charge is 0.224 e. The standard InChI is InChI=1S/C11H15N5O3/c1-7-15-9(16-19-7)5-12-4-8-10(17-2)13-6-14-11(8)18-3/h6,12H,4-5H2,1-3H3. The average molecular weight is 265 g/mol. The Morgan fingerprint density at radius 1 is 1.16 bits per heavy atom. The Bertz CT molecular complexity index is 521. The molecule has 0 atom stereocenters. The summed E-state index contributed by atoms with van der Waals surface area (Å²) in [5.74, 6) is 2.08. The molecule has 8 heteroatoms. The topological polar surface area (TPSA) is 95.2 Å². The lowest BCUT2D eigenvalue weighted by molar-refractivity contribution is 0.358. The van der Waals surface area contributed by atoms with E-state index in [0.717, 1.165) is 5.56 Å². The molecular formula is C11H15N5O3. The van der Waals surface area contributed by atoms with Crippen LogP contribution >= 0.6 is 0 Å². The van der Waals surface area contributed by atoms with Crippen LogP contribution in [0.25, 0.3) is 0 Å². The van der Waals surface area contributed by atoms with Gasteiger partial charge in [-0.15, -0.1) is 0 Å². The van der Waals surface area contributed by atoms with Crippen LogP contribution in [0.3, 0.4) is 0 Å². The predicted octanol–water partition coefficient (Wildman–Crippen LogP) is 0.475. The van der Waals surface area contributed by atoms with Crippen LogP contribution in [0.4, 0.5) is 0 Å². The molecule has 0 unspecified atom stereocenters. The summed E-state index contributed by atoms with van der Waals surface area (Å²) in [6.07, 6.45) is 1.39. The number of ether oxygens (including phenoxy) is 2. The maximum absolute atomic E-state index is 5.17. The van der Waals surface area contributed by atoms with E-state index in [1.54, 1.807) is 21.1 Å². The largest absolute Gasteiger partial charge is 0.481 e. The first-order valence-corrected chi connectivity index (χ1v) is 5.66. The van der Waals surface area contributed by atoms with Crippen LogP contribution in [-0.4, -0.2) is 34.3 Å². The molecule has 2 aromatic heterocycles. The number of rotatable bonds is 6. The van der Waals surface area contributed by atoms with Crippen LogP contribution in [-0.2, 0) is 13.1 Å². The lowest BCUT2D eigenvalue weighted by Gasteiger charge is -2.10. The Hall–Kier alpha value is -2.22. The maximum Gasteiger partial charge on any atom is 0.224 e. The Kier molecular flexibility index (Phi) is 4.24. The molecule has 0 aliphatic rings. The van der Waals surface area contributed by atoms with E-state index in [1.165, 1.54) is 6.33 Å². The summed E-state index contributed by atoms with van der Waals surface area (Å²) in [5.41, 5.74) is 0.743. The third-order valence-corrected chi connectivity index (χ3v) is 2.41. The fourth-order valence-corrected chi connectivity index (χ4v) is 1.60. The molecule has 2 rings (SSSR count). The molecule has 0 saturated heterocycles. The van der Waals surface area contributed by atoms with Gasteiger partial charge >= 0.3 is 0 Å². The zero-order valence-corrected chi connectivity index (χ0v) is 11.0. The number of nitrogens with zero attached hydrogens (tertiary/aromatic N) is 4. The summed E-state index contributed by atoms with van der Waals surface area (Å²) < 4.78 is 15.2. The molecule has 2 heterocycles. The summed E-state index contributed by atoms with van der Waals surface area (Å²) in [6, 6.07) is 0. The first-order valence-electron chi connectivity index (χ1n) is 5.66. The van der Waals surface area contributed by atoms with E-state index in [2.05, 4.69) is 25.4 Å². The highest BCUT2D eigenvalue weighted by Gasteiger charge is 2.12. The van der Waals surface area contributed by atoms with Gasteiger partial charge in [-0.05, 0) is 0 Å². The van der Waals surface area contributed by atoms with E-state index in [0.29, 0.717) is 36.6 Å². The first-order chi connectivity index (χ1) is 9.24. The van der Waals surface area contributed by atoms with Gasteiger partial charge < -0.3 is 19.3 Å². The van der Waals surface area contributed by atoms with Gasteiger partial charge in [-0.2, -0.15) is 4.98 Å². The van der Waals surface area contributed by atoms with Crippen molar-refractivity contribution in [2.24, 2.45) is 0 Å². The Morgan fingerprint density at radius 3 is 2.37 bits per heavy atom. The number of nitrogens with one attached hydrogen (secondary N) is 1. The van der Waals surface area contributed by atoms with Crippen molar-refractivity contribution >= 4 is 0 Å². The van der Waals surface area contributed by atoms with Gasteiger partial charge in [0.1, 0.15) is 6.33 Å². The number of methoxy groups -OCH3 is 2. The minimum Gasteiger partial charge on any atom is -0.481 e. The SMILES string of the molecule is COc1ncnc(OC)c1CNCc1noc(C)n1. The second kappa shape index (κ2) is 6.10. The van der Waals surface area contributed by atoms with Gasteiger partial charge in [-0.1, -0.05) is 5.16 Å². The zero-order chi connectivity index (χ0) is 13.7. The van der Waals surface area contributed by atoms with Gasteiger partial charge in [0.15, 0.2) is 5.82 Å². The normalized spacial score (nSPS) is 10.5. The van der Waals surface area contributed by atoms with Crippen molar-refractivity contribution in [3.8, 4) is 11.8 Å². The summed E-state index contributed by atoms with van der Waals surface area (Å²) >= 11 is 0. The van der Waals surface area contributed by atoms with Crippen LogP contribution in [0.2, 0.25) is 0 Å². The van der Waals surface area contributed by atoms with Crippen molar-refractivity contribution in [2.45, 2.75) is 20.0 Å². The fourth-order valence-electron chi connectivity index (χ4n) is 1.60. The van der Waals surface area contributed by atoms with Crippen LogP contribution in [0.15, 0.2) is 10.9 Å². The van der Waals surface area contributed by atoms with Gasteiger partial charge in [-0.25, -0.2) is 9.97 Å². The summed E-state index contributed by atoms with van der Waals surface area (Å²) in [4.78, 5) is 12.2. The van der Waals surface area contributed by atoms with Crippen LogP contribution < -0.4 is 14.8 Å². The van der Waals surface area contributed by atoms with Gasteiger partial charge in [0.05, 0.1) is 26.3 Å². The van der Waals surface area contributed by atoms with Gasteiger partial charge in [0.25, 0.3) is 0 Å². The second-order valence-electron chi connectivity index (χ2n) is 3.70. The highest BCUT2D eigenvalue weighted by Crippen LogP contribution is 2.22. The molecule has 2 aromatic rings. The molecule has 0 amide bonds. The highest BCUT2D eigenvalue weighted by atomic mass is 16.5. The molecule has 1 N–H and O–H groups in total. The van der Waals surface area contributed by atoms with E-state index in [1.807, 2.05) is 0 Å². The number of hydrogen-bond donors (Lipinski definition) is 1. The fraction of sp³-hybridized carbons (Fsp3) is 0.455. The molecule has 0 fully saturated rings. The first kappa shape index (κ1) is 13.2. The molecule has 0 spiro atoms. The van der Waals surface area contributed by atoms with Crippen molar-refractivity contribution in [3.05, 3.63) is 23.6 Å². The molecule has 0 radical (unpaired) electrons. The number of aryl methyl sites for hydroxylation is 1. The molecule has 0 aliphatic heterocycles. The van der Waals surface area contributed by atoms with E-state index in [4.69, 9.17) is 14.0 Å². The van der Waals surface area contributed by atoms with Crippen molar-refractivity contribution < 1.29 is 14.0 Å². The van der Waals surface area contributed by atoms with Crippen molar-refractivity contribution in [2.75, 3.05) is 14.2 Å². The summed E-state index contributed by atoms with van der Waals surface area (Å²) in [5, 5.41) is 6.95. The van der Waals surface area contributed by atoms with Crippen LogP contribution in [0, 0.1) is 6.92 Å². The van der Waals surface area contributed by atoms with E-state index >= 15 is 0 Å². The quantitative estimate of drug-likeness (QED) is 0.805. The van der Waals surface area contributed by atoms with Gasteiger partial charge in [0.2, 0.25) is 17.7 Å². The van der Waals surface area contributed by atoms with E-state index in [-0.39, 0.29) is 0 Å². The number of aromatic nitrogens is 4. The molecule has 0 saturated carbocycles. The second-order valence-corrected chi connectivity index (χ2v) is 3.70. The minimum absolute atomic E-state index is 0.471. The lowest BCUT2D eigenvalue weighted by atomic mass is 10.3. The van der Waals surface area contributed by atoms with Crippen molar-refractivity contribution in [1.82, 2.24) is 25.4 Å². The zero-order valence-electron chi connectivity index (χ0n) is 11.0. The van der Waals surface area contributed by atoms with Crippen LogP contribution in [0.1, 0.15) is 17.3 Å². The molecule has 102 valence electrons. The van der Waals surface area contributed by atoms with Crippen molar-refractivity contribution in [3.63, 3.8) is 0 Å². The minimum atomic E-state index is 0.471. The summed E-state index contributed by atoms with van der Waals surface area (Å²) in [6.45, 7) is 2.69. The predicted molar refractivity (Wildman–Crippen MR) is 64.7 cm³/mol. The third kappa shape index (κ3) is 3.16. The van der Waals surface area contributed by atoms with Crippen molar-refractivity contribution in [1.29, 1.82) is 0 Å². The van der Waals surface area contributed by atoms with E-state index < -0.39 is 0 Å². The van der Waals surface area contributed by atoms with Gasteiger partial charge in [-0.3, -0.25) is 0 Å². The van der Waals surface area contributed by atoms with E-state index in [9.17, 15) is 0 Å². The summed E-state index contributed by atoms with van der Waals surface area (Å²) in [7, 11) is 3.10. The molecular weight excluding hydrogens is 250 g/mol. The maximum atomic E-state index is 5.17. The number of hydrogen-bond acceptors (Lipinski definition) is 8. The van der Waals surface area contributed by atoms with Gasteiger partial charge in [0, 0.05) is 13.5 Å². The Balaban J connectivity index is 2.02. The molecule has 19 heavy (non-hydrogen) atoms. The third-order valence-electron chi connectivity index (χ3n) is 2.41. The lowest BCUT2D eigenvalue weighted by Crippen LogP contribution is -2.16. The average Bonchev–Trinajstić information content (AvgIpc) is 2.84.